The Morgan fingerprint density at radius 3 is 1.81 bits per heavy atom. The van der Waals surface area contributed by atoms with Crippen LogP contribution >= 0.6 is 0 Å². The fourth-order valence-electron chi connectivity index (χ4n) is 12.3. The Hall–Kier alpha value is -5.72. The van der Waals surface area contributed by atoms with Gasteiger partial charge in [0.05, 0.1) is 17.7 Å². The maximum absolute atomic E-state index is 13.5. The lowest BCUT2D eigenvalue weighted by Crippen LogP contribution is -2.56. The SMILES string of the molecule is CC1=C2N=C(C=C3N/C(=C(/C)C4=N[C@@](C)(C5N=C1[C@](C)(CCC(=O)NC[C@@H](C)O)[C@H]5CC(N)=O)[C@@](C)(CC(N)=O)[C@@H]4CCC(N)=O)[C@@](C)(CC(N)=O)[C@@H]3CCC(N)=O)C(C)(C)[C@@H]2CCC(N)=O. The van der Waals surface area contributed by atoms with Gasteiger partial charge >= 0.3 is 0 Å². The second-order valence-electron chi connectivity index (χ2n) is 21.2. The maximum Gasteiger partial charge on any atom is 0.220 e. The second kappa shape index (κ2) is 19.1. The molecule has 368 valence electrons. The van der Waals surface area contributed by atoms with Gasteiger partial charge in [0.2, 0.25) is 41.4 Å². The number of primary amides is 6. The summed E-state index contributed by atoms with van der Waals surface area (Å²) in [7, 11) is 0. The molecule has 10 atom stereocenters. The highest BCUT2D eigenvalue weighted by Gasteiger charge is 2.66. The van der Waals surface area contributed by atoms with Crippen molar-refractivity contribution in [3.63, 3.8) is 0 Å². The number of carbonyl (C=O) groups excluding carboxylic acids is 7. The zero-order valence-electron chi connectivity index (χ0n) is 40.6. The van der Waals surface area contributed by atoms with E-state index in [0.717, 1.165) is 0 Å². The zero-order valence-corrected chi connectivity index (χ0v) is 40.6. The number of amides is 7. The molecular formula is C48H73N11O8. The predicted octanol–water partition coefficient (Wildman–Crippen LogP) is 1.74. The molecule has 5 aliphatic heterocycles. The molecule has 5 aliphatic rings. The largest absolute Gasteiger partial charge is 0.392 e. The van der Waals surface area contributed by atoms with Crippen LogP contribution < -0.4 is 45.0 Å². The van der Waals surface area contributed by atoms with Crippen LogP contribution in [0.1, 0.15) is 133 Å². The summed E-state index contributed by atoms with van der Waals surface area (Å²) in [5.41, 5.74) is 34.9. The summed E-state index contributed by atoms with van der Waals surface area (Å²) in [4.78, 5) is 108. The number of aliphatic hydroxyl groups excluding tert-OH is 1. The van der Waals surface area contributed by atoms with Gasteiger partial charge in [0.1, 0.15) is 0 Å². The minimum absolute atomic E-state index is 0.0237. The van der Waals surface area contributed by atoms with Gasteiger partial charge in [-0.25, -0.2) is 0 Å². The molecule has 1 fully saturated rings. The number of aliphatic hydroxyl groups is 1. The Balaban J connectivity index is 2.00. The average Bonchev–Trinajstić information content (AvgIpc) is 3.80. The van der Waals surface area contributed by atoms with E-state index in [4.69, 9.17) is 49.4 Å². The van der Waals surface area contributed by atoms with Crippen molar-refractivity contribution in [3.8, 4) is 0 Å². The van der Waals surface area contributed by atoms with Gasteiger partial charge in [-0.15, -0.1) is 0 Å². The van der Waals surface area contributed by atoms with E-state index in [0.29, 0.717) is 51.8 Å². The number of rotatable bonds is 20. The van der Waals surface area contributed by atoms with E-state index in [9.17, 15) is 38.7 Å². The van der Waals surface area contributed by atoms with E-state index in [1.54, 1.807) is 6.92 Å². The number of nitrogens with two attached hydrogens (primary N) is 6. The van der Waals surface area contributed by atoms with E-state index in [2.05, 4.69) is 10.6 Å². The highest BCUT2D eigenvalue weighted by atomic mass is 16.3. The number of carbonyl (C=O) groups is 7. The van der Waals surface area contributed by atoms with Crippen LogP contribution in [0.4, 0.5) is 0 Å². The van der Waals surface area contributed by atoms with Gasteiger partial charge in [-0.1, -0.05) is 34.6 Å². The molecule has 0 aliphatic carbocycles. The third-order valence-corrected chi connectivity index (χ3v) is 16.1. The molecule has 0 radical (unpaired) electrons. The summed E-state index contributed by atoms with van der Waals surface area (Å²) in [6.45, 7) is 16.9. The smallest absolute Gasteiger partial charge is 0.220 e. The molecule has 0 saturated carbocycles. The van der Waals surface area contributed by atoms with Crippen molar-refractivity contribution < 1.29 is 38.7 Å². The Morgan fingerprint density at radius 2 is 1.28 bits per heavy atom. The fraction of sp³-hybridized carbons (Fsp3) is 0.667. The lowest BCUT2D eigenvalue weighted by molar-refractivity contribution is -0.124. The number of nitrogens with zero attached hydrogens (tertiary/aromatic N) is 3. The van der Waals surface area contributed by atoms with Crippen LogP contribution in [0.3, 0.4) is 0 Å². The highest BCUT2D eigenvalue weighted by molar-refractivity contribution is 6.10. The van der Waals surface area contributed by atoms with Crippen LogP contribution in [0.15, 0.2) is 49.3 Å². The second-order valence-corrected chi connectivity index (χ2v) is 21.2. The first kappa shape index (κ1) is 52.3. The van der Waals surface area contributed by atoms with Crippen LogP contribution in [0.2, 0.25) is 0 Å². The van der Waals surface area contributed by atoms with Crippen LogP contribution in [-0.2, 0) is 33.6 Å². The first-order valence-corrected chi connectivity index (χ1v) is 23.3. The average molecular weight is 932 g/mol. The molecule has 8 bridgehead atoms. The molecule has 15 N–H and O–H groups in total. The molecule has 0 aromatic rings. The van der Waals surface area contributed by atoms with Crippen molar-refractivity contribution in [1.29, 1.82) is 0 Å². The van der Waals surface area contributed by atoms with E-state index < -0.39 is 98.5 Å². The molecular weight excluding hydrogens is 859 g/mol. The van der Waals surface area contributed by atoms with E-state index in [1.807, 2.05) is 61.5 Å². The number of hydrogen-bond donors (Lipinski definition) is 9. The standard InChI is InChI=1S/C48H73N11O8/c1-23(60)22-55-38(67)16-17-45(6)29(18-35(52)64)43-48(9)47(8,21-37(54)66)28(12-15-34(51)63)40(59-48)25(3)42-46(7,20-36(53)65)26(10-13-32(49)61)30(56-42)19-31-44(4,5)27(11-14-33(50)62)39(57-31)24(2)41(45)58-43/h19,23,26-29,43,56,60H,10-18,20-22H2,1-9H3,(H2,49,61)(H2,50,62)(H2,51,63)(H2,52,64)(H2,53,65)(H2,54,66)(H,55,67)/b30-19?,39-24?,42-25-/t23-,26-,27-,28-,29+,43?,45-,46+,47+,48+/m1/s1. The maximum atomic E-state index is 13.5. The number of hydrogen-bond acceptors (Lipinski definition) is 12. The minimum Gasteiger partial charge on any atom is -0.392 e. The Kier molecular flexibility index (Phi) is 14.9. The molecule has 1 saturated heterocycles. The number of aliphatic imine (C=N–C) groups is 3. The van der Waals surface area contributed by atoms with Gasteiger partial charge in [-0.2, -0.15) is 0 Å². The van der Waals surface area contributed by atoms with E-state index in [-0.39, 0.29) is 76.7 Å². The van der Waals surface area contributed by atoms with Crippen LogP contribution in [0.25, 0.3) is 0 Å². The Labute approximate surface area is 393 Å². The van der Waals surface area contributed by atoms with Crippen LogP contribution in [0.5, 0.6) is 0 Å². The molecule has 19 nitrogen and oxygen atoms in total. The molecule has 0 aromatic carbocycles. The van der Waals surface area contributed by atoms with Gasteiger partial charge in [0.15, 0.2) is 0 Å². The lowest BCUT2D eigenvalue weighted by atomic mass is 9.55. The molecule has 19 heteroatoms. The van der Waals surface area contributed by atoms with Gasteiger partial charge in [0, 0.05) is 131 Å². The molecule has 0 spiro atoms. The third-order valence-electron chi connectivity index (χ3n) is 16.1. The monoisotopic (exact) mass is 932 g/mol. The molecule has 5 rings (SSSR count). The summed E-state index contributed by atoms with van der Waals surface area (Å²) in [6, 6.07) is -0.913. The van der Waals surface area contributed by atoms with Crippen molar-refractivity contribution >= 4 is 58.5 Å². The Bertz CT molecular complexity index is 2310. The molecule has 5 heterocycles. The molecule has 1 unspecified atom stereocenters. The van der Waals surface area contributed by atoms with Crippen LogP contribution in [0, 0.1) is 45.3 Å². The minimum atomic E-state index is -1.39. The van der Waals surface area contributed by atoms with Crippen molar-refractivity contribution in [2.75, 3.05) is 6.54 Å². The Morgan fingerprint density at radius 1 is 0.731 bits per heavy atom. The number of fused-ring (bicyclic) bond motifs is 6. The van der Waals surface area contributed by atoms with Crippen molar-refractivity contribution in [3.05, 3.63) is 34.3 Å². The fourth-order valence-corrected chi connectivity index (χ4v) is 12.3. The summed E-state index contributed by atoms with van der Waals surface area (Å²) >= 11 is 0. The summed E-state index contributed by atoms with van der Waals surface area (Å²) < 4.78 is 0. The molecule has 0 aromatic heterocycles. The summed E-state index contributed by atoms with van der Waals surface area (Å²) in [6.07, 6.45) is 1.23. The lowest BCUT2D eigenvalue weighted by Gasteiger charge is -2.48. The third kappa shape index (κ3) is 9.84. The number of nitrogens with one attached hydrogen (secondary N) is 2. The predicted molar refractivity (Wildman–Crippen MR) is 254 cm³/mol. The van der Waals surface area contributed by atoms with E-state index in [1.165, 1.54) is 0 Å². The summed E-state index contributed by atoms with van der Waals surface area (Å²) in [5.74, 6) is -6.25. The summed E-state index contributed by atoms with van der Waals surface area (Å²) in [5, 5.41) is 16.4. The van der Waals surface area contributed by atoms with Gasteiger partial charge < -0.3 is 50.1 Å². The van der Waals surface area contributed by atoms with Crippen molar-refractivity contribution in [2.45, 2.75) is 151 Å². The van der Waals surface area contributed by atoms with Crippen molar-refractivity contribution in [1.82, 2.24) is 10.6 Å². The van der Waals surface area contributed by atoms with Gasteiger partial charge in [-0.05, 0) is 70.6 Å². The highest BCUT2D eigenvalue weighted by Crippen LogP contribution is 2.62. The van der Waals surface area contributed by atoms with Crippen LogP contribution in [-0.4, -0.2) is 87.8 Å². The van der Waals surface area contributed by atoms with Gasteiger partial charge in [0.25, 0.3) is 0 Å². The quantitative estimate of drug-likeness (QED) is 0.0857. The molecule has 7 amide bonds. The van der Waals surface area contributed by atoms with Gasteiger partial charge in [-0.3, -0.25) is 48.5 Å². The molecule has 67 heavy (non-hydrogen) atoms. The topological polar surface area (TPSA) is 357 Å². The normalized spacial score (nSPS) is 33.3. The van der Waals surface area contributed by atoms with E-state index >= 15 is 0 Å². The van der Waals surface area contributed by atoms with Crippen molar-refractivity contribution in [2.24, 2.45) is 94.7 Å². The number of allylic oxidation sites excluding steroid dienone is 6. The first-order chi connectivity index (χ1) is 30.9. The zero-order chi connectivity index (χ0) is 50.4. The first-order valence-electron chi connectivity index (χ1n) is 23.3.